The summed E-state index contributed by atoms with van der Waals surface area (Å²) in [4.78, 5) is 43.5. The third-order valence-corrected chi connectivity index (χ3v) is 6.93. The number of carbonyl (C=O) groups excluding carboxylic acids is 1. The van der Waals surface area contributed by atoms with Gasteiger partial charge in [-0.15, -0.1) is 0 Å². The fraction of sp³-hybridized carbons (Fsp3) is 0.400. The molecule has 0 spiro atoms. The fourth-order valence-corrected chi connectivity index (χ4v) is 4.74. The lowest BCUT2D eigenvalue weighted by molar-refractivity contribution is 0.0597. The zero-order valence-corrected chi connectivity index (χ0v) is 23.4. The van der Waals surface area contributed by atoms with Crippen molar-refractivity contribution in [3.63, 3.8) is 0 Å². The smallest absolute Gasteiger partial charge is 0.421 e. The molecule has 3 aromatic rings. The van der Waals surface area contributed by atoms with Crippen LogP contribution in [0.2, 0.25) is 0 Å². The molecule has 4 heterocycles. The molecule has 1 saturated carbocycles. The molecule has 1 saturated heterocycles. The van der Waals surface area contributed by atoms with E-state index in [0.717, 1.165) is 29.5 Å². The molecule has 5 rings (SSSR count). The van der Waals surface area contributed by atoms with Gasteiger partial charge in [0.25, 0.3) is 0 Å². The summed E-state index contributed by atoms with van der Waals surface area (Å²) in [6, 6.07) is 11.2. The normalized spacial score (nSPS) is 15.7. The van der Waals surface area contributed by atoms with Crippen molar-refractivity contribution in [1.82, 2.24) is 24.8 Å². The van der Waals surface area contributed by atoms with Crippen LogP contribution in [-0.4, -0.2) is 73.8 Å². The quantitative estimate of drug-likeness (QED) is 0.437. The van der Waals surface area contributed by atoms with Crippen molar-refractivity contribution >= 4 is 23.8 Å². The van der Waals surface area contributed by atoms with Gasteiger partial charge in [-0.05, 0) is 81.0 Å². The molecule has 1 aliphatic carbocycles. The number of nitrogens with zero attached hydrogens (tertiary/aromatic N) is 7. The summed E-state index contributed by atoms with van der Waals surface area (Å²) >= 11 is 0. The monoisotopic (exact) mass is 555 g/mol. The molecule has 2 amide bonds. The Morgan fingerprint density at radius 1 is 1.10 bits per heavy atom. The van der Waals surface area contributed by atoms with E-state index in [2.05, 4.69) is 20.9 Å². The van der Waals surface area contributed by atoms with Gasteiger partial charge in [0.1, 0.15) is 17.2 Å². The second-order valence-corrected chi connectivity index (χ2v) is 11.4. The van der Waals surface area contributed by atoms with Gasteiger partial charge in [0, 0.05) is 56.9 Å². The van der Waals surface area contributed by atoms with Gasteiger partial charge in [0.2, 0.25) is 0 Å². The summed E-state index contributed by atoms with van der Waals surface area (Å²) in [6.45, 7) is 8.25. The lowest BCUT2D eigenvalue weighted by Gasteiger charge is -2.33. The van der Waals surface area contributed by atoms with E-state index in [1.807, 2.05) is 24.4 Å². The molecule has 0 aromatic carbocycles. The Morgan fingerprint density at radius 2 is 1.85 bits per heavy atom. The predicted octanol–water partition coefficient (Wildman–Crippen LogP) is 5.16. The van der Waals surface area contributed by atoms with E-state index in [9.17, 15) is 20.0 Å². The third kappa shape index (κ3) is 6.96. The first-order valence-corrected chi connectivity index (χ1v) is 13.7. The van der Waals surface area contributed by atoms with Crippen LogP contribution in [0.1, 0.15) is 56.2 Å². The second kappa shape index (κ2) is 11.5. The van der Waals surface area contributed by atoms with Crippen LogP contribution in [0.3, 0.4) is 0 Å². The van der Waals surface area contributed by atoms with Gasteiger partial charge >= 0.3 is 12.2 Å². The summed E-state index contributed by atoms with van der Waals surface area (Å²) < 4.78 is 5.74. The molecule has 212 valence electrons. The minimum absolute atomic E-state index is 0.247. The second-order valence-electron chi connectivity index (χ2n) is 11.4. The average Bonchev–Trinajstić information content (AvgIpc) is 3.79. The number of hydrogen-bond donors (Lipinski definition) is 1. The van der Waals surface area contributed by atoms with E-state index in [1.54, 1.807) is 39.1 Å². The van der Waals surface area contributed by atoms with Gasteiger partial charge in [0.15, 0.2) is 0 Å². The van der Waals surface area contributed by atoms with Crippen molar-refractivity contribution < 1.29 is 19.4 Å². The molecule has 1 N–H and O–H groups in total. The predicted molar refractivity (Wildman–Crippen MR) is 152 cm³/mol. The molecular formula is C30H33N7O4. The highest BCUT2D eigenvalue weighted by molar-refractivity contribution is 5.94. The summed E-state index contributed by atoms with van der Waals surface area (Å²) in [6.07, 6.45) is 5.63. The third-order valence-electron chi connectivity index (χ3n) is 6.93. The minimum Gasteiger partial charge on any atom is -0.465 e. The molecule has 41 heavy (non-hydrogen) atoms. The first kappa shape index (κ1) is 28.0. The number of piperazine rings is 1. The van der Waals surface area contributed by atoms with Crippen molar-refractivity contribution in [1.29, 1.82) is 5.26 Å². The van der Waals surface area contributed by atoms with E-state index < -0.39 is 17.8 Å². The summed E-state index contributed by atoms with van der Waals surface area (Å²) in [7, 11) is 0. The zero-order valence-electron chi connectivity index (χ0n) is 23.4. The molecule has 11 nitrogen and oxygen atoms in total. The van der Waals surface area contributed by atoms with E-state index in [0.29, 0.717) is 55.7 Å². The van der Waals surface area contributed by atoms with Crippen LogP contribution in [0.25, 0.3) is 11.3 Å². The van der Waals surface area contributed by atoms with Gasteiger partial charge in [0.05, 0.1) is 17.3 Å². The van der Waals surface area contributed by atoms with Crippen LogP contribution in [0.4, 0.5) is 21.2 Å². The molecule has 0 unspecified atom stereocenters. The van der Waals surface area contributed by atoms with Crippen LogP contribution in [0, 0.1) is 11.3 Å². The van der Waals surface area contributed by atoms with Crippen LogP contribution < -0.4 is 4.90 Å². The van der Waals surface area contributed by atoms with Crippen LogP contribution in [0.5, 0.6) is 0 Å². The number of hydrogen-bond acceptors (Lipinski definition) is 8. The fourth-order valence-electron chi connectivity index (χ4n) is 4.74. The highest BCUT2D eigenvalue weighted by atomic mass is 16.6. The summed E-state index contributed by atoms with van der Waals surface area (Å²) in [5.41, 5.74) is 3.12. The van der Waals surface area contributed by atoms with Crippen LogP contribution in [0.15, 0.2) is 48.9 Å². The number of pyridine rings is 3. The van der Waals surface area contributed by atoms with Crippen molar-refractivity contribution in [2.75, 3.05) is 31.1 Å². The highest BCUT2D eigenvalue weighted by Crippen LogP contribution is 2.43. The molecular weight excluding hydrogens is 522 g/mol. The summed E-state index contributed by atoms with van der Waals surface area (Å²) in [5, 5.41) is 18.7. The van der Waals surface area contributed by atoms with Crippen molar-refractivity contribution in [2.24, 2.45) is 0 Å². The average molecular weight is 556 g/mol. The molecule has 1 aliphatic heterocycles. The van der Waals surface area contributed by atoms with E-state index >= 15 is 0 Å². The number of nitriles is 1. The number of anilines is 2. The van der Waals surface area contributed by atoms with E-state index in [-0.39, 0.29) is 5.82 Å². The Kier molecular flexibility index (Phi) is 7.85. The number of rotatable bonds is 6. The van der Waals surface area contributed by atoms with Gasteiger partial charge < -0.3 is 14.7 Å². The minimum atomic E-state index is -0.888. The largest absolute Gasteiger partial charge is 0.465 e. The molecule has 2 fully saturated rings. The van der Waals surface area contributed by atoms with Crippen molar-refractivity contribution in [2.45, 2.75) is 51.7 Å². The Labute approximate surface area is 239 Å². The molecule has 0 atom stereocenters. The Morgan fingerprint density at radius 3 is 2.51 bits per heavy atom. The number of ether oxygens (including phenoxy) is 1. The lowest BCUT2D eigenvalue weighted by Crippen LogP contribution is -2.47. The number of carboxylic acid groups (broad SMARTS) is 1. The van der Waals surface area contributed by atoms with Gasteiger partial charge in [-0.1, -0.05) is 0 Å². The maximum absolute atomic E-state index is 13.5. The Hall–Kier alpha value is -4.56. The first-order chi connectivity index (χ1) is 19.6. The van der Waals surface area contributed by atoms with Crippen molar-refractivity contribution in [3.05, 3.63) is 65.6 Å². The van der Waals surface area contributed by atoms with Gasteiger partial charge in [-0.3, -0.25) is 9.88 Å². The van der Waals surface area contributed by atoms with Crippen LogP contribution >= 0.6 is 0 Å². The maximum atomic E-state index is 13.5. The zero-order chi connectivity index (χ0) is 29.1. The molecule has 0 bridgehead atoms. The van der Waals surface area contributed by atoms with E-state index in [4.69, 9.17) is 9.72 Å². The number of aromatic nitrogens is 3. The standard InChI is InChI=1S/C30H33N7O4/c1-30(2,3)41-29(40)37(26-13-20(16-31)6-7-33-26)27-15-23(22-4-5-22)14-25(34-27)24-12-21(17-32-18-24)19-35-8-10-36(11-9-35)28(38)39/h6-7,12-15,17-18,22H,4-5,8-11,19H2,1-3H3,(H,38,39). The Bertz CT molecular complexity index is 1480. The number of carbonyl (C=O) groups is 2. The molecule has 3 aromatic heterocycles. The van der Waals surface area contributed by atoms with Gasteiger partial charge in [-0.2, -0.15) is 5.26 Å². The van der Waals surface area contributed by atoms with E-state index in [1.165, 1.54) is 16.0 Å². The number of amides is 2. The first-order valence-electron chi connectivity index (χ1n) is 13.7. The Balaban J connectivity index is 1.49. The highest BCUT2D eigenvalue weighted by Gasteiger charge is 2.31. The topological polar surface area (TPSA) is 136 Å². The maximum Gasteiger partial charge on any atom is 0.421 e. The van der Waals surface area contributed by atoms with Crippen molar-refractivity contribution in [3.8, 4) is 17.3 Å². The molecule has 11 heteroatoms. The molecule has 2 aliphatic rings. The SMILES string of the molecule is CC(C)(C)OC(=O)N(c1cc(C#N)ccn1)c1cc(C2CC2)cc(-c2cncc(CN3CCN(C(=O)O)CC3)c2)n1. The van der Waals surface area contributed by atoms with Gasteiger partial charge in [-0.25, -0.2) is 24.5 Å². The summed E-state index contributed by atoms with van der Waals surface area (Å²) in [5.74, 6) is 0.976. The van der Waals surface area contributed by atoms with Crippen LogP contribution in [-0.2, 0) is 11.3 Å². The molecule has 0 radical (unpaired) electrons. The lowest BCUT2D eigenvalue weighted by atomic mass is 10.1.